The van der Waals surface area contributed by atoms with Crippen molar-refractivity contribution in [2.24, 2.45) is 0 Å². The number of methoxy groups -OCH3 is 1. The monoisotopic (exact) mass is 418 g/mol. The number of carbonyl (C=O) groups is 2. The van der Waals surface area contributed by atoms with Crippen molar-refractivity contribution < 1.29 is 19.1 Å². The number of hydrogen-bond donors (Lipinski definition) is 1. The maximum Gasteiger partial charge on any atom is 0.321 e. The molecule has 8 nitrogen and oxygen atoms in total. The number of amides is 3. The fraction of sp³-hybridized carbons (Fsp3) is 0.636. The van der Waals surface area contributed by atoms with Crippen LogP contribution in [-0.4, -0.2) is 92.3 Å². The Kier molecular flexibility index (Phi) is 8.33. The third-order valence-corrected chi connectivity index (χ3v) is 5.85. The van der Waals surface area contributed by atoms with Crippen molar-refractivity contribution in [2.45, 2.75) is 32.2 Å². The maximum atomic E-state index is 12.7. The minimum Gasteiger partial charge on any atom is -0.497 e. The number of piperidine rings is 1. The van der Waals surface area contributed by atoms with Crippen LogP contribution in [0.15, 0.2) is 24.3 Å². The molecule has 0 aliphatic carbocycles. The number of nitrogens with one attached hydrogen (secondary N) is 1. The quantitative estimate of drug-likeness (QED) is 0.735. The molecule has 0 saturated carbocycles. The van der Waals surface area contributed by atoms with Gasteiger partial charge in [0.1, 0.15) is 5.75 Å². The van der Waals surface area contributed by atoms with Crippen molar-refractivity contribution in [1.29, 1.82) is 0 Å². The van der Waals surface area contributed by atoms with E-state index in [2.05, 4.69) is 10.2 Å². The van der Waals surface area contributed by atoms with Crippen LogP contribution in [0.3, 0.4) is 0 Å². The predicted molar refractivity (Wildman–Crippen MR) is 116 cm³/mol. The molecule has 2 aliphatic rings. The van der Waals surface area contributed by atoms with Crippen LogP contribution in [0.1, 0.15) is 26.2 Å². The standard InChI is InChI=1S/C22H34N4O4/c1-18(27)26(12-4-10-24-13-15-30-16-14-24)20-5-3-11-25(17-20)22(28)23-19-6-8-21(29-2)9-7-19/h6-9,20H,3-5,10-17H2,1-2H3,(H,23,28). The Bertz CT molecular complexity index is 691. The van der Waals surface area contributed by atoms with E-state index < -0.39 is 0 Å². The highest BCUT2D eigenvalue weighted by molar-refractivity contribution is 5.89. The van der Waals surface area contributed by atoms with Gasteiger partial charge in [-0.25, -0.2) is 4.79 Å². The van der Waals surface area contributed by atoms with Crippen LogP contribution in [0.4, 0.5) is 10.5 Å². The van der Waals surface area contributed by atoms with E-state index >= 15 is 0 Å². The lowest BCUT2D eigenvalue weighted by atomic mass is 10.0. The van der Waals surface area contributed by atoms with Gasteiger partial charge in [-0.1, -0.05) is 0 Å². The van der Waals surface area contributed by atoms with Gasteiger partial charge in [-0.05, 0) is 43.5 Å². The van der Waals surface area contributed by atoms with Gasteiger partial charge in [0.2, 0.25) is 5.91 Å². The Hall–Kier alpha value is -2.32. The number of urea groups is 1. The second-order valence-electron chi connectivity index (χ2n) is 7.92. The number of carbonyl (C=O) groups excluding carboxylic acids is 2. The van der Waals surface area contributed by atoms with Gasteiger partial charge in [0, 0.05) is 57.9 Å². The van der Waals surface area contributed by atoms with Crippen molar-refractivity contribution in [1.82, 2.24) is 14.7 Å². The Morgan fingerprint density at radius 1 is 1.20 bits per heavy atom. The average Bonchev–Trinajstić information content (AvgIpc) is 2.78. The zero-order valence-electron chi connectivity index (χ0n) is 18.1. The van der Waals surface area contributed by atoms with Crippen molar-refractivity contribution in [2.75, 3.05) is 64.9 Å². The summed E-state index contributed by atoms with van der Waals surface area (Å²) in [6, 6.07) is 7.24. The summed E-state index contributed by atoms with van der Waals surface area (Å²) in [5.41, 5.74) is 0.733. The van der Waals surface area contributed by atoms with E-state index in [0.29, 0.717) is 13.1 Å². The van der Waals surface area contributed by atoms with E-state index in [1.54, 1.807) is 14.0 Å². The molecule has 2 heterocycles. The van der Waals surface area contributed by atoms with Crippen molar-refractivity contribution >= 4 is 17.6 Å². The summed E-state index contributed by atoms with van der Waals surface area (Å²) in [5.74, 6) is 0.833. The highest BCUT2D eigenvalue weighted by Gasteiger charge is 2.29. The summed E-state index contributed by atoms with van der Waals surface area (Å²) >= 11 is 0. The molecule has 0 aromatic heterocycles. The summed E-state index contributed by atoms with van der Waals surface area (Å²) in [6.45, 7) is 8.11. The highest BCUT2D eigenvalue weighted by Crippen LogP contribution is 2.19. The zero-order chi connectivity index (χ0) is 21.3. The molecule has 1 N–H and O–H groups in total. The smallest absolute Gasteiger partial charge is 0.321 e. The number of likely N-dealkylation sites (tertiary alicyclic amines) is 1. The van der Waals surface area contributed by atoms with Crippen molar-refractivity contribution in [3.05, 3.63) is 24.3 Å². The lowest BCUT2D eigenvalue weighted by Gasteiger charge is -2.39. The molecule has 1 unspecified atom stereocenters. The molecule has 2 aliphatic heterocycles. The topological polar surface area (TPSA) is 74.3 Å². The SMILES string of the molecule is COc1ccc(NC(=O)N2CCCC(N(CCCN3CCOCC3)C(C)=O)C2)cc1. The molecule has 0 spiro atoms. The van der Waals surface area contributed by atoms with Gasteiger partial charge in [-0.15, -0.1) is 0 Å². The molecular weight excluding hydrogens is 384 g/mol. The largest absolute Gasteiger partial charge is 0.497 e. The van der Waals surface area contributed by atoms with Gasteiger partial charge in [0.15, 0.2) is 0 Å². The number of ether oxygens (including phenoxy) is 2. The summed E-state index contributed by atoms with van der Waals surface area (Å²) in [7, 11) is 1.61. The molecule has 1 aromatic carbocycles. The number of nitrogens with zero attached hydrogens (tertiary/aromatic N) is 3. The minimum atomic E-state index is -0.123. The molecule has 1 aromatic rings. The predicted octanol–water partition coefficient (Wildman–Crippen LogP) is 2.26. The highest BCUT2D eigenvalue weighted by atomic mass is 16.5. The minimum absolute atomic E-state index is 0.0718. The first-order valence-electron chi connectivity index (χ1n) is 10.8. The van der Waals surface area contributed by atoms with Gasteiger partial charge < -0.3 is 24.6 Å². The molecular formula is C22H34N4O4. The Balaban J connectivity index is 1.51. The van der Waals surface area contributed by atoms with Crippen LogP contribution in [-0.2, 0) is 9.53 Å². The molecule has 1 atom stereocenters. The molecule has 3 amide bonds. The molecule has 166 valence electrons. The first-order valence-corrected chi connectivity index (χ1v) is 10.8. The van der Waals surface area contributed by atoms with Crippen LogP contribution in [0, 0.1) is 0 Å². The van der Waals surface area contributed by atoms with E-state index in [1.807, 2.05) is 34.1 Å². The second-order valence-corrected chi connectivity index (χ2v) is 7.92. The van der Waals surface area contributed by atoms with E-state index in [-0.39, 0.29) is 18.0 Å². The first-order chi connectivity index (χ1) is 14.6. The Morgan fingerprint density at radius 2 is 1.93 bits per heavy atom. The lowest BCUT2D eigenvalue weighted by Crippen LogP contribution is -2.52. The van der Waals surface area contributed by atoms with Crippen LogP contribution in [0.2, 0.25) is 0 Å². The van der Waals surface area contributed by atoms with Gasteiger partial charge in [0.25, 0.3) is 0 Å². The number of hydrogen-bond acceptors (Lipinski definition) is 5. The molecule has 3 rings (SSSR count). The average molecular weight is 419 g/mol. The summed E-state index contributed by atoms with van der Waals surface area (Å²) in [5, 5.41) is 2.95. The normalized spacial score (nSPS) is 19.9. The fourth-order valence-electron chi connectivity index (χ4n) is 4.16. The molecule has 2 fully saturated rings. The molecule has 0 bridgehead atoms. The number of benzene rings is 1. The van der Waals surface area contributed by atoms with E-state index in [4.69, 9.17) is 9.47 Å². The summed E-state index contributed by atoms with van der Waals surface area (Å²) in [6.07, 6.45) is 2.77. The van der Waals surface area contributed by atoms with Gasteiger partial charge >= 0.3 is 6.03 Å². The third-order valence-electron chi connectivity index (χ3n) is 5.85. The van der Waals surface area contributed by atoms with Crippen LogP contribution in [0.25, 0.3) is 0 Å². The molecule has 2 saturated heterocycles. The zero-order valence-corrected chi connectivity index (χ0v) is 18.1. The van der Waals surface area contributed by atoms with Gasteiger partial charge in [-0.3, -0.25) is 9.69 Å². The maximum absolute atomic E-state index is 12.7. The molecule has 0 radical (unpaired) electrons. The van der Waals surface area contributed by atoms with Crippen LogP contribution < -0.4 is 10.1 Å². The number of morpholine rings is 1. The van der Waals surface area contributed by atoms with Crippen LogP contribution >= 0.6 is 0 Å². The lowest BCUT2D eigenvalue weighted by molar-refractivity contribution is -0.132. The van der Waals surface area contributed by atoms with Gasteiger partial charge in [0.05, 0.1) is 20.3 Å². The Morgan fingerprint density at radius 3 is 2.60 bits per heavy atom. The van der Waals surface area contributed by atoms with Crippen molar-refractivity contribution in [3.8, 4) is 5.75 Å². The summed E-state index contributed by atoms with van der Waals surface area (Å²) < 4.78 is 10.5. The first kappa shape index (κ1) is 22.4. The Labute approximate surface area is 179 Å². The fourth-order valence-corrected chi connectivity index (χ4v) is 4.16. The van der Waals surface area contributed by atoms with Crippen LogP contribution in [0.5, 0.6) is 5.75 Å². The number of anilines is 1. The second kappa shape index (κ2) is 11.2. The third kappa shape index (κ3) is 6.34. The van der Waals surface area contributed by atoms with Crippen molar-refractivity contribution in [3.63, 3.8) is 0 Å². The number of rotatable bonds is 7. The van der Waals surface area contributed by atoms with E-state index in [0.717, 1.165) is 70.1 Å². The molecule has 8 heteroatoms. The van der Waals surface area contributed by atoms with E-state index in [9.17, 15) is 9.59 Å². The molecule has 30 heavy (non-hydrogen) atoms. The van der Waals surface area contributed by atoms with E-state index in [1.165, 1.54) is 0 Å². The van der Waals surface area contributed by atoms with Gasteiger partial charge in [-0.2, -0.15) is 0 Å². The summed E-state index contributed by atoms with van der Waals surface area (Å²) in [4.78, 5) is 31.2.